The molecule has 2 aromatic rings. The van der Waals surface area contributed by atoms with Gasteiger partial charge in [0.1, 0.15) is 17.2 Å². The Kier molecular flexibility index (Phi) is 3.85. The number of ether oxygens (including phenoxy) is 1. The average Bonchev–Trinajstić information content (AvgIpc) is 2.80. The third-order valence-electron chi connectivity index (χ3n) is 3.73. The van der Waals surface area contributed by atoms with E-state index in [9.17, 15) is 8.42 Å². The molecule has 0 saturated heterocycles. The monoisotopic (exact) mass is 333 g/mol. The third kappa shape index (κ3) is 3.20. The van der Waals surface area contributed by atoms with Crippen LogP contribution in [0, 0.1) is 0 Å². The lowest BCUT2D eigenvalue weighted by molar-refractivity contribution is 0.138. The van der Waals surface area contributed by atoms with Crippen molar-refractivity contribution in [1.82, 2.24) is 14.3 Å². The fourth-order valence-corrected chi connectivity index (χ4v) is 3.80. The first-order valence-corrected chi connectivity index (χ1v) is 8.76. The highest BCUT2D eigenvalue weighted by Crippen LogP contribution is 2.36. The van der Waals surface area contributed by atoms with Crippen molar-refractivity contribution in [3.8, 4) is 5.75 Å². The van der Waals surface area contributed by atoms with Gasteiger partial charge in [0.2, 0.25) is 10.0 Å². The van der Waals surface area contributed by atoms with Gasteiger partial charge in [0, 0.05) is 25.9 Å². The van der Waals surface area contributed by atoms with E-state index >= 15 is 0 Å². The Morgan fingerprint density at radius 1 is 1.26 bits per heavy atom. The van der Waals surface area contributed by atoms with E-state index in [-0.39, 0.29) is 17.0 Å². The number of aromatic nitrogens is 2. The van der Waals surface area contributed by atoms with Crippen LogP contribution >= 0.6 is 0 Å². The van der Waals surface area contributed by atoms with E-state index in [1.54, 1.807) is 36.7 Å². The summed E-state index contributed by atoms with van der Waals surface area (Å²) in [5, 5.41) is 0. The molecule has 1 aliphatic heterocycles. The molecular weight excluding hydrogens is 314 g/mol. The van der Waals surface area contributed by atoms with E-state index in [1.807, 2.05) is 13.8 Å². The van der Waals surface area contributed by atoms with Crippen LogP contribution in [0.1, 0.15) is 25.2 Å². The van der Waals surface area contributed by atoms with Gasteiger partial charge in [-0.25, -0.2) is 18.4 Å². The molecule has 0 unspecified atom stereocenters. The van der Waals surface area contributed by atoms with Crippen molar-refractivity contribution in [3.63, 3.8) is 0 Å². The summed E-state index contributed by atoms with van der Waals surface area (Å²) >= 11 is 0. The van der Waals surface area contributed by atoms with Crippen molar-refractivity contribution >= 4 is 10.0 Å². The van der Waals surface area contributed by atoms with Gasteiger partial charge in [0.15, 0.2) is 0 Å². The second kappa shape index (κ2) is 5.58. The standard InChI is InChI=1S/C16H19N3O3S/c1-16(2)10-12-9-13(5-6-14(12)22-16)23(20,21)19(3)11-15-17-7-4-8-18-15/h4-9H,10-11H2,1-3H3. The van der Waals surface area contributed by atoms with Crippen LogP contribution in [-0.4, -0.2) is 35.3 Å². The predicted molar refractivity (Wildman–Crippen MR) is 85.5 cm³/mol. The number of fused-ring (bicyclic) bond motifs is 1. The van der Waals surface area contributed by atoms with Crippen LogP contribution in [0.2, 0.25) is 0 Å². The number of hydrogen-bond donors (Lipinski definition) is 0. The van der Waals surface area contributed by atoms with Crippen molar-refractivity contribution < 1.29 is 13.2 Å². The van der Waals surface area contributed by atoms with Crippen molar-refractivity contribution in [3.05, 3.63) is 48.0 Å². The molecule has 0 bridgehead atoms. The molecular formula is C16H19N3O3S. The summed E-state index contributed by atoms with van der Waals surface area (Å²) in [5.74, 6) is 1.21. The summed E-state index contributed by atoms with van der Waals surface area (Å²) in [7, 11) is -2.07. The molecule has 7 heteroatoms. The molecule has 1 aromatic carbocycles. The first-order valence-electron chi connectivity index (χ1n) is 7.32. The summed E-state index contributed by atoms with van der Waals surface area (Å²) in [4.78, 5) is 8.39. The summed E-state index contributed by atoms with van der Waals surface area (Å²) < 4.78 is 32.5. The van der Waals surface area contributed by atoms with Crippen molar-refractivity contribution in [2.75, 3.05) is 7.05 Å². The van der Waals surface area contributed by atoms with Crippen LogP contribution in [0.15, 0.2) is 41.6 Å². The molecule has 1 aliphatic rings. The number of hydrogen-bond acceptors (Lipinski definition) is 5. The summed E-state index contributed by atoms with van der Waals surface area (Å²) in [6.45, 7) is 4.10. The number of sulfonamides is 1. The molecule has 0 fully saturated rings. The normalized spacial score (nSPS) is 16.2. The Hall–Kier alpha value is -1.99. The van der Waals surface area contributed by atoms with Gasteiger partial charge in [-0.2, -0.15) is 4.31 Å². The maximum atomic E-state index is 12.7. The van der Waals surface area contributed by atoms with Gasteiger partial charge in [-0.1, -0.05) is 0 Å². The second-order valence-electron chi connectivity index (χ2n) is 6.23. The van der Waals surface area contributed by atoms with Gasteiger partial charge in [0.25, 0.3) is 0 Å². The second-order valence-corrected chi connectivity index (χ2v) is 8.28. The predicted octanol–water partition coefficient (Wildman–Crippen LogP) is 2.01. The van der Waals surface area contributed by atoms with Crippen LogP contribution in [-0.2, 0) is 23.0 Å². The molecule has 23 heavy (non-hydrogen) atoms. The first-order chi connectivity index (χ1) is 10.8. The minimum absolute atomic E-state index is 0.127. The summed E-state index contributed by atoms with van der Waals surface area (Å²) in [6, 6.07) is 6.70. The van der Waals surface area contributed by atoms with Crippen LogP contribution in [0.4, 0.5) is 0 Å². The fraction of sp³-hybridized carbons (Fsp3) is 0.375. The Morgan fingerprint density at radius 3 is 2.65 bits per heavy atom. The molecule has 0 saturated carbocycles. The SMILES string of the molecule is CN(Cc1ncccn1)S(=O)(=O)c1ccc2c(c1)CC(C)(C)O2. The first kappa shape index (κ1) is 15.9. The Morgan fingerprint density at radius 2 is 1.96 bits per heavy atom. The largest absolute Gasteiger partial charge is 0.487 e. The van der Waals surface area contributed by atoms with Gasteiger partial charge in [-0.3, -0.25) is 0 Å². The van der Waals surface area contributed by atoms with Crippen molar-refractivity contribution in [2.24, 2.45) is 0 Å². The minimum Gasteiger partial charge on any atom is -0.487 e. The quantitative estimate of drug-likeness (QED) is 0.856. The highest BCUT2D eigenvalue weighted by Gasteiger charge is 2.32. The molecule has 6 nitrogen and oxygen atoms in total. The molecule has 0 spiro atoms. The molecule has 1 aromatic heterocycles. The van der Waals surface area contributed by atoms with E-state index in [4.69, 9.17) is 4.74 Å². The van der Waals surface area contributed by atoms with E-state index in [1.165, 1.54) is 11.4 Å². The maximum absolute atomic E-state index is 12.7. The van der Waals surface area contributed by atoms with E-state index < -0.39 is 10.0 Å². The molecule has 3 rings (SSSR count). The third-order valence-corrected chi connectivity index (χ3v) is 5.53. The smallest absolute Gasteiger partial charge is 0.243 e. The van der Waals surface area contributed by atoms with E-state index in [0.29, 0.717) is 12.2 Å². The molecule has 0 amide bonds. The Balaban J connectivity index is 1.86. The van der Waals surface area contributed by atoms with Crippen LogP contribution < -0.4 is 4.74 Å². The lowest BCUT2D eigenvalue weighted by atomic mass is 10.0. The summed E-state index contributed by atoms with van der Waals surface area (Å²) in [5.41, 5.74) is 0.620. The maximum Gasteiger partial charge on any atom is 0.243 e. The van der Waals surface area contributed by atoms with Gasteiger partial charge in [-0.05, 0) is 43.7 Å². The molecule has 0 radical (unpaired) electrons. The van der Waals surface area contributed by atoms with Crippen LogP contribution in [0.25, 0.3) is 0 Å². The summed E-state index contributed by atoms with van der Waals surface area (Å²) in [6.07, 6.45) is 3.88. The van der Waals surface area contributed by atoms with E-state index in [2.05, 4.69) is 9.97 Å². The van der Waals surface area contributed by atoms with Crippen LogP contribution in [0.3, 0.4) is 0 Å². The van der Waals surface area contributed by atoms with Crippen molar-refractivity contribution in [1.29, 1.82) is 0 Å². The lowest BCUT2D eigenvalue weighted by Crippen LogP contribution is -2.27. The average molecular weight is 333 g/mol. The van der Waals surface area contributed by atoms with Gasteiger partial charge < -0.3 is 4.74 Å². The zero-order chi connectivity index (χ0) is 16.7. The van der Waals surface area contributed by atoms with Gasteiger partial charge in [0.05, 0.1) is 11.4 Å². The molecule has 0 N–H and O–H groups in total. The van der Waals surface area contributed by atoms with E-state index in [0.717, 1.165) is 11.3 Å². The lowest BCUT2D eigenvalue weighted by Gasteiger charge is -2.17. The Labute approximate surface area is 136 Å². The van der Waals surface area contributed by atoms with Gasteiger partial charge in [-0.15, -0.1) is 0 Å². The molecule has 2 heterocycles. The fourth-order valence-electron chi connectivity index (χ4n) is 2.62. The Bertz CT molecular complexity index is 820. The zero-order valence-electron chi connectivity index (χ0n) is 13.4. The number of benzene rings is 1. The molecule has 0 aliphatic carbocycles. The zero-order valence-corrected chi connectivity index (χ0v) is 14.2. The highest BCUT2D eigenvalue weighted by atomic mass is 32.2. The molecule has 0 atom stereocenters. The van der Waals surface area contributed by atoms with Crippen molar-refractivity contribution in [2.45, 2.75) is 37.3 Å². The number of rotatable bonds is 4. The number of nitrogens with zero attached hydrogens (tertiary/aromatic N) is 3. The van der Waals surface area contributed by atoms with Gasteiger partial charge >= 0.3 is 0 Å². The minimum atomic E-state index is -3.60. The topological polar surface area (TPSA) is 72.4 Å². The highest BCUT2D eigenvalue weighted by molar-refractivity contribution is 7.89. The van der Waals surface area contributed by atoms with Crippen LogP contribution in [0.5, 0.6) is 5.75 Å². The molecule has 122 valence electrons.